The van der Waals surface area contributed by atoms with E-state index in [0.29, 0.717) is 11.1 Å². The van der Waals surface area contributed by atoms with Gasteiger partial charge in [0.05, 0.1) is 12.0 Å². The lowest BCUT2D eigenvalue weighted by molar-refractivity contribution is -0.134. The van der Waals surface area contributed by atoms with Gasteiger partial charge in [-0.2, -0.15) is 4.72 Å². The van der Waals surface area contributed by atoms with E-state index in [2.05, 4.69) is 4.72 Å². The van der Waals surface area contributed by atoms with Crippen LogP contribution in [0.1, 0.15) is 11.1 Å². The second kappa shape index (κ2) is 11.0. The molecule has 1 heterocycles. The van der Waals surface area contributed by atoms with Crippen molar-refractivity contribution in [1.82, 2.24) is 14.5 Å². The van der Waals surface area contributed by atoms with Gasteiger partial charge in [0.2, 0.25) is 15.9 Å². The molecule has 2 amide bonds. The number of nitrogens with two attached hydrogens (primary N) is 1. The van der Waals surface area contributed by atoms with Crippen molar-refractivity contribution in [2.75, 3.05) is 33.3 Å². The number of amides is 2. The molecule has 37 heavy (non-hydrogen) atoms. The van der Waals surface area contributed by atoms with Gasteiger partial charge in [0.15, 0.2) is 0 Å². The summed E-state index contributed by atoms with van der Waals surface area (Å²) in [6.45, 7) is 1.05. The number of nitrogens with one attached hydrogen (secondary N) is 2. The van der Waals surface area contributed by atoms with Crippen molar-refractivity contribution >= 4 is 38.6 Å². The van der Waals surface area contributed by atoms with Crippen molar-refractivity contribution in [3.05, 3.63) is 77.9 Å². The van der Waals surface area contributed by atoms with Gasteiger partial charge in [-0.15, -0.1) is 0 Å². The summed E-state index contributed by atoms with van der Waals surface area (Å²) < 4.78 is 34.2. The average molecular weight is 524 g/mol. The van der Waals surface area contributed by atoms with E-state index in [1.807, 2.05) is 24.3 Å². The van der Waals surface area contributed by atoms with Gasteiger partial charge in [-0.25, -0.2) is 13.2 Å². The molecule has 0 aromatic heterocycles. The van der Waals surface area contributed by atoms with Crippen LogP contribution in [0.2, 0.25) is 0 Å². The Morgan fingerprint density at radius 3 is 2.32 bits per heavy atom. The highest BCUT2D eigenvalue weighted by atomic mass is 32.2. The van der Waals surface area contributed by atoms with Crippen LogP contribution >= 0.6 is 0 Å². The number of methoxy groups -OCH3 is 1. The summed E-state index contributed by atoms with van der Waals surface area (Å²) in [5.74, 6) is -0.525. The van der Waals surface area contributed by atoms with Gasteiger partial charge < -0.3 is 20.3 Å². The van der Waals surface area contributed by atoms with Gasteiger partial charge in [-0.05, 0) is 41.0 Å². The second-order valence-corrected chi connectivity index (χ2v) is 10.5. The first-order valence-corrected chi connectivity index (χ1v) is 13.2. The maximum atomic E-state index is 13.6. The zero-order valence-corrected chi connectivity index (χ0v) is 21.2. The van der Waals surface area contributed by atoms with E-state index in [-0.39, 0.29) is 43.3 Å². The number of sulfonamides is 1. The van der Waals surface area contributed by atoms with Crippen LogP contribution in [0.5, 0.6) is 0 Å². The smallest absolute Gasteiger partial charge is 0.409 e. The molecule has 0 saturated carbocycles. The second-order valence-electron chi connectivity index (χ2n) is 8.78. The molecule has 1 saturated heterocycles. The number of benzene rings is 3. The molecule has 1 aliphatic rings. The molecule has 4 rings (SSSR count). The van der Waals surface area contributed by atoms with Crippen molar-refractivity contribution in [3.63, 3.8) is 0 Å². The lowest BCUT2D eigenvalue weighted by Gasteiger charge is -2.35. The molecule has 4 N–H and O–H groups in total. The predicted octanol–water partition coefficient (Wildman–Crippen LogP) is 1.92. The Balaban J connectivity index is 1.61. The zero-order valence-electron chi connectivity index (χ0n) is 20.4. The Morgan fingerprint density at radius 2 is 1.65 bits per heavy atom. The largest absolute Gasteiger partial charge is 0.453 e. The van der Waals surface area contributed by atoms with Crippen molar-refractivity contribution in [2.45, 2.75) is 17.4 Å². The van der Waals surface area contributed by atoms with Crippen molar-refractivity contribution in [2.24, 2.45) is 5.73 Å². The number of nitrogen functional groups attached to an aromatic ring is 1. The molecule has 0 aliphatic carbocycles. The maximum absolute atomic E-state index is 13.6. The fraction of sp³-hybridized carbons (Fsp3) is 0.269. The molecule has 1 atom stereocenters. The van der Waals surface area contributed by atoms with Crippen LogP contribution in [0.3, 0.4) is 0 Å². The third-order valence-electron chi connectivity index (χ3n) is 6.33. The fourth-order valence-electron chi connectivity index (χ4n) is 4.33. The first-order chi connectivity index (χ1) is 17.7. The molecular weight excluding hydrogens is 494 g/mol. The molecule has 0 spiro atoms. The van der Waals surface area contributed by atoms with E-state index in [0.717, 1.165) is 10.8 Å². The summed E-state index contributed by atoms with van der Waals surface area (Å²) in [5.41, 5.74) is 6.75. The number of ether oxygens (including phenoxy) is 1. The van der Waals surface area contributed by atoms with Gasteiger partial charge >= 0.3 is 6.09 Å². The molecule has 0 bridgehead atoms. The quantitative estimate of drug-likeness (QED) is 0.319. The molecule has 10 nitrogen and oxygen atoms in total. The SMILES string of the molecule is COC(=O)N1CCN(C(=O)[C@H](Cc2cccc(C(=N)N)c2)NS(=O)(=O)c2ccc3ccccc3c2)CC1. The minimum atomic E-state index is -4.06. The van der Waals surface area contributed by atoms with Crippen LogP contribution < -0.4 is 10.5 Å². The maximum Gasteiger partial charge on any atom is 0.409 e. The van der Waals surface area contributed by atoms with E-state index in [4.69, 9.17) is 15.9 Å². The molecule has 11 heteroatoms. The first-order valence-electron chi connectivity index (χ1n) is 11.7. The molecule has 194 valence electrons. The highest BCUT2D eigenvalue weighted by molar-refractivity contribution is 7.89. The Hall–Kier alpha value is -3.96. The Labute approximate surface area is 215 Å². The monoisotopic (exact) mass is 523 g/mol. The third kappa shape index (κ3) is 6.07. The van der Waals surface area contributed by atoms with Crippen LogP contribution in [-0.4, -0.2) is 75.4 Å². The number of amidine groups is 1. The molecule has 3 aromatic carbocycles. The summed E-state index contributed by atoms with van der Waals surface area (Å²) in [5, 5.41) is 9.37. The molecule has 0 unspecified atom stereocenters. The van der Waals surface area contributed by atoms with Gasteiger partial charge in [0.25, 0.3) is 0 Å². The normalized spacial score (nSPS) is 14.8. The van der Waals surface area contributed by atoms with Crippen LogP contribution in [0.4, 0.5) is 4.79 Å². The van der Waals surface area contributed by atoms with E-state index < -0.39 is 28.1 Å². The summed E-state index contributed by atoms with van der Waals surface area (Å²) in [4.78, 5) is 28.5. The van der Waals surface area contributed by atoms with E-state index >= 15 is 0 Å². The predicted molar refractivity (Wildman–Crippen MR) is 140 cm³/mol. The topological polar surface area (TPSA) is 146 Å². The summed E-state index contributed by atoms with van der Waals surface area (Å²) >= 11 is 0. The molecule has 3 aromatic rings. The lowest BCUT2D eigenvalue weighted by Crippen LogP contribution is -2.56. The molecule has 1 aliphatic heterocycles. The van der Waals surface area contributed by atoms with Crippen molar-refractivity contribution < 1.29 is 22.7 Å². The van der Waals surface area contributed by atoms with Crippen molar-refractivity contribution in [3.8, 4) is 0 Å². The number of hydrogen-bond donors (Lipinski definition) is 3. The number of hydrogen-bond acceptors (Lipinski definition) is 6. The van der Waals surface area contributed by atoms with Crippen molar-refractivity contribution in [1.29, 1.82) is 5.41 Å². The van der Waals surface area contributed by atoms with Gasteiger partial charge in [-0.1, -0.05) is 48.5 Å². The summed E-state index contributed by atoms with van der Waals surface area (Å²) in [7, 11) is -2.76. The number of rotatable bonds is 7. The number of nitrogens with zero attached hydrogens (tertiary/aromatic N) is 2. The van der Waals surface area contributed by atoms with E-state index in [1.54, 1.807) is 41.3 Å². The van der Waals surface area contributed by atoms with Gasteiger partial charge in [-0.3, -0.25) is 10.2 Å². The minimum Gasteiger partial charge on any atom is -0.453 e. The minimum absolute atomic E-state index is 0.0528. The van der Waals surface area contributed by atoms with E-state index in [9.17, 15) is 18.0 Å². The first kappa shape index (κ1) is 26.1. The lowest BCUT2D eigenvalue weighted by atomic mass is 10.0. The highest BCUT2D eigenvalue weighted by Crippen LogP contribution is 2.20. The molecule has 1 fully saturated rings. The highest BCUT2D eigenvalue weighted by Gasteiger charge is 2.32. The fourth-order valence-corrected chi connectivity index (χ4v) is 5.55. The van der Waals surface area contributed by atoms with Gasteiger partial charge in [0.1, 0.15) is 11.9 Å². The standard InChI is InChI=1S/C26H29N5O5S/c1-36-26(33)31-13-11-30(12-14-31)25(32)23(16-18-5-4-8-21(15-18)24(27)28)29-37(34,35)22-10-9-19-6-2-3-7-20(19)17-22/h2-10,15,17,23,29H,11-14,16H2,1H3,(H3,27,28)/t23-/m0/s1. The number of piperazine rings is 1. The number of fused-ring (bicyclic) bond motifs is 1. The van der Waals surface area contributed by atoms with Crippen LogP contribution in [0.15, 0.2) is 71.6 Å². The van der Waals surface area contributed by atoms with E-state index in [1.165, 1.54) is 18.1 Å². The molecular formula is C26H29N5O5S. The Kier molecular flexibility index (Phi) is 7.74. The third-order valence-corrected chi connectivity index (χ3v) is 7.80. The van der Waals surface area contributed by atoms with Crippen LogP contribution in [0, 0.1) is 5.41 Å². The van der Waals surface area contributed by atoms with Crippen LogP contribution in [0.25, 0.3) is 10.8 Å². The Morgan fingerprint density at radius 1 is 0.973 bits per heavy atom. The molecule has 0 radical (unpaired) electrons. The Bertz CT molecular complexity index is 1430. The zero-order chi connectivity index (χ0) is 26.6. The number of carbonyl (C=O) groups excluding carboxylic acids is 2. The average Bonchev–Trinajstić information content (AvgIpc) is 2.91. The van der Waals surface area contributed by atoms with Gasteiger partial charge in [0, 0.05) is 31.7 Å². The number of carbonyl (C=O) groups is 2. The summed E-state index contributed by atoms with van der Waals surface area (Å²) in [6, 6.07) is 17.9. The van der Waals surface area contributed by atoms with Crippen LogP contribution in [-0.2, 0) is 26.0 Å². The summed E-state index contributed by atoms with van der Waals surface area (Å²) in [6.07, 6.45) is -0.411.